The molecule has 0 radical (unpaired) electrons. The molecule has 0 aliphatic rings. The molecule has 0 amide bonds. The lowest BCUT2D eigenvalue weighted by atomic mass is 10.2. The van der Waals surface area contributed by atoms with Crippen molar-refractivity contribution in [3.05, 3.63) is 24.2 Å². The van der Waals surface area contributed by atoms with Crippen LogP contribution >= 0.6 is 0 Å². The fourth-order valence-electron chi connectivity index (χ4n) is 0.844. The molecule has 1 atom stereocenters. The van der Waals surface area contributed by atoms with Crippen molar-refractivity contribution < 1.29 is 14.3 Å². The maximum absolute atomic E-state index is 9.47. The van der Waals surface area contributed by atoms with E-state index in [1.54, 1.807) is 6.07 Å². The van der Waals surface area contributed by atoms with Gasteiger partial charge in [-0.3, -0.25) is 0 Å². The minimum atomic E-state index is -0.578. The Morgan fingerprint density at radius 3 is 2.83 bits per heavy atom. The summed E-state index contributed by atoms with van der Waals surface area (Å²) in [7, 11) is 0. The first-order valence-corrected chi connectivity index (χ1v) is 4.02. The molecular formula is C9H14O3. The quantitative estimate of drug-likeness (QED) is 0.748. The summed E-state index contributed by atoms with van der Waals surface area (Å²) >= 11 is 0. The Labute approximate surface area is 72.0 Å². The molecular weight excluding hydrogens is 156 g/mol. The minimum Gasteiger partial charge on any atom is -0.472 e. The smallest absolute Gasteiger partial charge is 0.105 e. The summed E-state index contributed by atoms with van der Waals surface area (Å²) in [6.07, 6.45) is 2.63. The summed E-state index contributed by atoms with van der Waals surface area (Å²) in [5.74, 6) is 0. The van der Waals surface area contributed by atoms with Gasteiger partial charge in [-0.05, 0) is 19.9 Å². The van der Waals surface area contributed by atoms with Crippen molar-refractivity contribution in [1.82, 2.24) is 0 Å². The summed E-state index contributed by atoms with van der Waals surface area (Å²) in [6, 6.07) is 1.73. The van der Waals surface area contributed by atoms with Crippen LogP contribution in [-0.2, 0) is 4.74 Å². The van der Waals surface area contributed by atoms with Crippen LogP contribution in [0.15, 0.2) is 23.0 Å². The summed E-state index contributed by atoms with van der Waals surface area (Å²) in [5.41, 5.74) is 0.760. The van der Waals surface area contributed by atoms with Gasteiger partial charge in [0.05, 0.1) is 25.2 Å². The summed E-state index contributed by atoms with van der Waals surface area (Å²) in [5, 5.41) is 9.47. The predicted octanol–water partition coefficient (Wildman–Crippen LogP) is 1.74. The van der Waals surface area contributed by atoms with E-state index < -0.39 is 6.10 Å². The van der Waals surface area contributed by atoms with Crippen molar-refractivity contribution in [3.8, 4) is 0 Å². The maximum atomic E-state index is 9.47. The first kappa shape index (κ1) is 9.29. The van der Waals surface area contributed by atoms with E-state index in [0.29, 0.717) is 6.61 Å². The largest absolute Gasteiger partial charge is 0.472 e. The molecule has 12 heavy (non-hydrogen) atoms. The molecule has 0 aliphatic carbocycles. The van der Waals surface area contributed by atoms with Crippen LogP contribution in [0, 0.1) is 0 Å². The van der Waals surface area contributed by atoms with Crippen LogP contribution in [0.25, 0.3) is 0 Å². The SMILES string of the molecule is CC(C)OCC(O)c1ccoc1. The molecule has 0 aliphatic heterocycles. The molecule has 1 aromatic heterocycles. The minimum absolute atomic E-state index is 0.145. The van der Waals surface area contributed by atoms with E-state index in [2.05, 4.69) is 0 Å². The summed E-state index contributed by atoms with van der Waals surface area (Å²) in [6.45, 7) is 4.18. The third-order valence-corrected chi connectivity index (χ3v) is 1.52. The molecule has 1 N–H and O–H groups in total. The van der Waals surface area contributed by atoms with E-state index in [-0.39, 0.29) is 6.10 Å². The molecule has 1 unspecified atom stereocenters. The average molecular weight is 170 g/mol. The molecule has 68 valence electrons. The number of rotatable bonds is 4. The normalized spacial score (nSPS) is 13.7. The third kappa shape index (κ3) is 2.68. The standard InChI is InChI=1S/C9H14O3/c1-7(2)12-6-9(10)8-3-4-11-5-8/h3-5,7,9-10H,6H2,1-2H3. The Hall–Kier alpha value is -0.800. The third-order valence-electron chi connectivity index (χ3n) is 1.52. The van der Waals surface area contributed by atoms with Gasteiger partial charge in [0.1, 0.15) is 6.10 Å². The molecule has 3 heteroatoms. The molecule has 0 bridgehead atoms. The highest BCUT2D eigenvalue weighted by Gasteiger charge is 2.09. The monoisotopic (exact) mass is 170 g/mol. The second-order valence-corrected chi connectivity index (χ2v) is 2.95. The van der Waals surface area contributed by atoms with Crippen LogP contribution in [0.5, 0.6) is 0 Å². The van der Waals surface area contributed by atoms with Gasteiger partial charge in [-0.15, -0.1) is 0 Å². The number of ether oxygens (including phenoxy) is 1. The zero-order valence-electron chi connectivity index (χ0n) is 7.36. The second kappa shape index (κ2) is 4.28. The van der Waals surface area contributed by atoms with Gasteiger partial charge < -0.3 is 14.3 Å². The predicted molar refractivity (Wildman–Crippen MR) is 44.8 cm³/mol. The van der Waals surface area contributed by atoms with E-state index in [1.807, 2.05) is 13.8 Å². The molecule has 0 saturated heterocycles. The lowest BCUT2D eigenvalue weighted by Gasteiger charge is -2.11. The van der Waals surface area contributed by atoms with Crippen molar-refractivity contribution in [2.24, 2.45) is 0 Å². The van der Waals surface area contributed by atoms with Crippen molar-refractivity contribution in [2.75, 3.05) is 6.61 Å². The number of aliphatic hydroxyl groups is 1. The molecule has 0 aromatic carbocycles. The van der Waals surface area contributed by atoms with Gasteiger partial charge in [-0.1, -0.05) is 0 Å². The highest BCUT2D eigenvalue weighted by atomic mass is 16.5. The lowest BCUT2D eigenvalue weighted by molar-refractivity contribution is 0.00472. The van der Waals surface area contributed by atoms with Gasteiger partial charge in [0.15, 0.2) is 0 Å². The van der Waals surface area contributed by atoms with Crippen LogP contribution in [0.3, 0.4) is 0 Å². The van der Waals surface area contributed by atoms with Crippen molar-refractivity contribution in [1.29, 1.82) is 0 Å². The maximum Gasteiger partial charge on any atom is 0.105 e. The Morgan fingerprint density at radius 1 is 1.58 bits per heavy atom. The molecule has 0 fully saturated rings. The van der Waals surface area contributed by atoms with Gasteiger partial charge >= 0.3 is 0 Å². The summed E-state index contributed by atoms with van der Waals surface area (Å²) < 4.78 is 10.1. The topological polar surface area (TPSA) is 42.6 Å². The zero-order valence-corrected chi connectivity index (χ0v) is 7.36. The molecule has 0 spiro atoms. The molecule has 1 heterocycles. The number of hydrogen-bond donors (Lipinski definition) is 1. The average Bonchev–Trinajstić information content (AvgIpc) is 2.51. The van der Waals surface area contributed by atoms with E-state index in [9.17, 15) is 5.11 Å². The van der Waals surface area contributed by atoms with Crippen LogP contribution in [0.2, 0.25) is 0 Å². The Bertz CT molecular complexity index is 204. The Morgan fingerprint density at radius 2 is 2.33 bits per heavy atom. The van der Waals surface area contributed by atoms with Crippen molar-refractivity contribution in [3.63, 3.8) is 0 Å². The fraction of sp³-hybridized carbons (Fsp3) is 0.556. The van der Waals surface area contributed by atoms with E-state index in [1.165, 1.54) is 12.5 Å². The number of furan rings is 1. The van der Waals surface area contributed by atoms with Gasteiger partial charge in [-0.2, -0.15) is 0 Å². The lowest BCUT2D eigenvalue weighted by Crippen LogP contribution is -2.11. The first-order chi connectivity index (χ1) is 5.70. The molecule has 1 aromatic rings. The Kier molecular flexibility index (Phi) is 3.31. The molecule has 3 nitrogen and oxygen atoms in total. The highest BCUT2D eigenvalue weighted by molar-refractivity contribution is 5.08. The van der Waals surface area contributed by atoms with Gasteiger partial charge in [-0.25, -0.2) is 0 Å². The van der Waals surface area contributed by atoms with Crippen LogP contribution < -0.4 is 0 Å². The van der Waals surface area contributed by atoms with Gasteiger partial charge in [0.25, 0.3) is 0 Å². The number of aliphatic hydroxyl groups excluding tert-OH is 1. The second-order valence-electron chi connectivity index (χ2n) is 2.95. The number of hydrogen-bond acceptors (Lipinski definition) is 3. The zero-order chi connectivity index (χ0) is 8.97. The van der Waals surface area contributed by atoms with Crippen LogP contribution in [-0.4, -0.2) is 17.8 Å². The Balaban J connectivity index is 2.34. The van der Waals surface area contributed by atoms with Crippen molar-refractivity contribution >= 4 is 0 Å². The molecule has 0 saturated carbocycles. The van der Waals surface area contributed by atoms with Crippen molar-refractivity contribution in [2.45, 2.75) is 26.1 Å². The first-order valence-electron chi connectivity index (χ1n) is 4.02. The van der Waals surface area contributed by atoms with Gasteiger partial charge in [0, 0.05) is 5.56 Å². The van der Waals surface area contributed by atoms with Gasteiger partial charge in [0.2, 0.25) is 0 Å². The van der Waals surface area contributed by atoms with E-state index >= 15 is 0 Å². The van der Waals surface area contributed by atoms with E-state index in [0.717, 1.165) is 5.56 Å². The van der Waals surface area contributed by atoms with Crippen LogP contribution in [0.4, 0.5) is 0 Å². The highest BCUT2D eigenvalue weighted by Crippen LogP contribution is 2.13. The fourth-order valence-corrected chi connectivity index (χ4v) is 0.844. The van der Waals surface area contributed by atoms with E-state index in [4.69, 9.17) is 9.15 Å². The molecule has 1 rings (SSSR count). The van der Waals surface area contributed by atoms with Crippen LogP contribution in [0.1, 0.15) is 25.5 Å². The summed E-state index contributed by atoms with van der Waals surface area (Å²) in [4.78, 5) is 0.